The first-order chi connectivity index (χ1) is 14.1. The lowest BCUT2D eigenvalue weighted by Crippen LogP contribution is -2.31. The standard InChI is InChI=1S/C24H34N2O3/c1-6-17-14-19(28-7-2)8-9-20(17)24-21-16-23(29-13-12-26(3)4)22(27-5)15-18(21)10-11-25-24/h8-9,14-16,24-25H,6-7,10-13H2,1-5H3. The SMILES string of the molecule is CCOc1ccc(C2NCCc3cc(OC)c(OCCN(C)C)cc32)c(CC)c1. The van der Waals surface area contributed by atoms with Gasteiger partial charge in [-0.15, -0.1) is 0 Å². The van der Waals surface area contributed by atoms with E-state index in [0.29, 0.717) is 13.2 Å². The maximum Gasteiger partial charge on any atom is 0.161 e. The number of rotatable bonds is 9. The molecule has 0 aromatic heterocycles. The number of fused-ring (bicyclic) bond motifs is 1. The van der Waals surface area contributed by atoms with Crippen molar-refractivity contribution in [3.8, 4) is 17.2 Å². The molecule has 0 spiro atoms. The van der Waals surface area contributed by atoms with Crippen LogP contribution in [0.15, 0.2) is 30.3 Å². The van der Waals surface area contributed by atoms with Crippen LogP contribution in [-0.2, 0) is 12.8 Å². The molecule has 1 aliphatic heterocycles. The van der Waals surface area contributed by atoms with Gasteiger partial charge in [-0.05, 0) is 80.4 Å². The Morgan fingerprint density at radius 3 is 2.55 bits per heavy atom. The highest BCUT2D eigenvalue weighted by Gasteiger charge is 2.25. The maximum absolute atomic E-state index is 6.08. The largest absolute Gasteiger partial charge is 0.494 e. The van der Waals surface area contributed by atoms with Gasteiger partial charge in [-0.3, -0.25) is 0 Å². The number of likely N-dealkylation sites (N-methyl/N-ethyl adjacent to an activating group) is 1. The molecule has 0 saturated carbocycles. The van der Waals surface area contributed by atoms with Gasteiger partial charge in [0.15, 0.2) is 11.5 Å². The summed E-state index contributed by atoms with van der Waals surface area (Å²) in [6.07, 6.45) is 1.95. The number of aryl methyl sites for hydroxylation is 1. The molecule has 0 fully saturated rings. The molecule has 1 heterocycles. The van der Waals surface area contributed by atoms with Crippen LogP contribution in [0.25, 0.3) is 0 Å². The zero-order valence-corrected chi connectivity index (χ0v) is 18.4. The fourth-order valence-corrected chi connectivity index (χ4v) is 3.88. The Labute approximate surface area is 175 Å². The van der Waals surface area contributed by atoms with Crippen molar-refractivity contribution in [3.63, 3.8) is 0 Å². The van der Waals surface area contributed by atoms with Gasteiger partial charge in [0.1, 0.15) is 12.4 Å². The first-order valence-corrected chi connectivity index (χ1v) is 10.5. The molecule has 2 aromatic carbocycles. The second-order valence-electron chi connectivity index (χ2n) is 7.64. The van der Waals surface area contributed by atoms with Crippen LogP contribution in [0, 0.1) is 0 Å². The molecule has 2 aromatic rings. The average Bonchev–Trinajstić information content (AvgIpc) is 2.72. The van der Waals surface area contributed by atoms with E-state index >= 15 is 0 Å². The van der Waals surface area contributed by atoms with Crippen LogP contribution in [0.2, 0.25) is 0 Å². The number of hydrogen-bond acceptors (Lipinski definition) is 5. The molecule has 0 radical (unpaired) electrons. The fourth-order valence-electron chi connectivity index (χ4n) is 3.88. The van der Waals surface area contributed by atoms with Gasteiger partial charge in [0.25, 0.3) is 0 Å². The highest BCUT2D eigenvalue weighted by Crippen LogP contribution is 2.39. The minimum Gasteiger partial charge on any atom is -0.494 e. The van der Waals surface area contributed by atoms with Crippen molar-refractivity contribution in [2.45, 2.75) is 32.7 Å². The topological polar surface area (TPSA) is 43.0 Å². The van der Waals surface area contributed by atoms with Gasteiger partial charge in [-0.2, -0.15) is 0 Å². The quantitative estimate of drug-likeness (QED) is 0.695. The Kier molecular flexibility index (Phi) is 7.40. The van der Waals surface area contributed by atoms with Crippen LogP contribution in [0.5, 0.6) is 17.2 Å². The van der Waals surface area contributed by atoms with Crippen molar-refractivity contribution < 1.29 is 14.2 Å². The summed E-state index contributed by atoms with van der Waals surface area (Å²) >= 11 is 0. The minimum atomic E-state index is 0.145. The number of ether oxygens (including phenoxy) is 3. The van der Waals surface area contributed by atoms with Gasteiger partial charge in [0.05, 0.1) is 19.8 Å². The number of hydrogen-bond donors (Lipinski definition) is 1. The molecular weight excluding hydrogens is 364 g/mol. The zero-order valence-electron chi connectivity index (χ0n) is 18.4. The van der Waals surface area contributed by atoms with Crippen LogP contribution in [-0.4, -0.2) is 52.4 Å². The summed E-state index contributed by atoms with van der Waals surface area (Å²) < 4.78 is 17.4. The molecule has 0 bridgehead atoms. The van der Waals surface area contributed by atoms with E-state index in [1.807, 2.05) is 21.0 Å². The Bertz CT molecular complexity index is 820. The van der Waals surface area contributed by atoms with E-state index in [0.717, 1.165) is 43.2 Å². The fraction of sp³-hybridized carbons (Fsp3) is 0.500. The van der Waals surface area contributed by atoms with E-state index in [1.54, 1.807) is 7.11 Å². The van der Waals surface area contributed by atoms with Crippen LogP contribution < -0.4 is 19.5 Å². The van der Waals surface area contributed by atoms with Gasteiger partial charge in [-0.25, -0.2) is 0 Å². The molecule has 1 unspecified atom stereocenters. The van der Waals surface area contributed by atoms with Crippen LogP contribution in [0.4, 0.5) is 0 Å². The second kappa shape index (κ2) is 9.99. The van der Waals surface area contributed by atoms with Crippen LogP contribution in [0.3, 0.4) is 0 Å². The Morgan fingerprint density at radius 1 is 1.03 bits per heavy atom. The van der Waals surface area contributed by atoms with Crippen molar-refractivity contribution in [2.75, 3.05) is 47.5 Å². The van der Waals surface area contributed by atoms with Gasteiger partial charge >= 0.3 is 0 Å². The molecular formula is C24H34N2O3. The molecule has 0 saturated heterocycles. The summed E-state index contributed by atoms with van der Waals surface area (Å²) in [7, 11) is 5.80. The van der Waals surface area contributed by atoms with Crippen molar-refractivity contribution in [2.24, 2.45) is 0 Å². The summed E-state index contributed by atoms with van der Waals surface area (Å²) in [6, 6.07) is 10.9. The molecule has 5 heteroatoms. The van der Waals surface area contributed by atoms with Gasteiger partial charge in [0.2, 0.25) is 0 Å². The lowest BCUT2D eigenvalue weighted by atomic mass is 9.86. The maximum atomic E-state index is 6.08. The highest BCUT2D eigenvalue weighted by molar-refractivity contribution is 5.53. The average molecular weight is 399 g/mol. The van der Waals surface area contributed by atoms with Crippen LogP contribution >= 0.6 is 0 Å². The van der Waals surface area contributed by atoms with Crippen molar-refractivity contribution >= 4 is 0 Å². The van der Waals surface area contributed by atoms with E-state index in [-0.39, 0.29) is 6.04 Å². The minimum absolute atomic E-state index is 0.145. The molecule has 0 amide bonds. The monoisotopic (exact) mass is 398 g/mol. The Hall–Kier alpha value is -2.24. The summed E-state index contributed by atoms with van der Waals surface area (Å²) in [5, 5.41) is 3.71. The molecule has 5 nitrogen and oxygen atoms in total. The molecule has 0 aliphatic carbocycles. The van der Waals surface area contributed by atoms with E-state index in [2.05, 4.69) is 47.5 Å². The summed E-state index contributed by atoms with van der Waals surface area (Å²) in [4.78, 5) is 2.11. The normalized spacial score (nSPS) is 15.9. The molecule has 3 rings (SSSR count). The summed E-state index contributed by atoms with van der Waals surface area (Å²) in [6.45, 7) is 7.33. The number of benzene rings is 2. The Balaban J connectivity index is 1.96. The van der Waals surface area contributed by atoms with E-state index in [1.165, 1.54) is 22.3 Å². The third-order valence-corrected chi connectivity index (χ3v) is 5.39. The van der Waals surface area contributed by atoms with Crippen molar-refractivity contribution in [1.82, 2.24) is 10.2 Å². The molecule has 1 aliphatic rings. The lowest BCUT2D eigenvalue weighted by Gasteiger charge is -2.30. The van der Waals surface area contributed by atoms with Crippen molar-refractivity contribution in [1.29, 1.82) is 0 Å². The first kappa shape index (κ1) is 21.5. The Morgan fingerprint density at radius 2 is 1.86 bits per heavy atom. The first-order valence-electron chi connectivity index (χ1n) is 10.5. The smallest absolute Gasteiger partial charge is 0.161 e. The third kappa shape index (κ3) is 5.03. The number of nitrogens with zero attached hydrogens (tertiary/aromatic N) is 1. The highest BCUT2D eigenvalue weighted by atomic mass is 16.5. The lowest BCUT2D eigenvalue weighted by molar-refractivity contribution is 0.250. The van der Waals surface area contributed by atoms with Gasteiger partial charge in [0, 0.05) is 13.1 Å². The van der Waals surface area contributed by atoms with E-state index in [9.17, 15) is 0 Å². The predicted octanol–water partition coefficient (Wildman–Crippen LogP) is 3.83. The molecule has 29 heavy (non-hydrogen) atoms. The number of methoxy groups -OCH3 is 1. The van der Waals surface area contributed by atoms with Gasteiger partial charge in [-0.1, -0.05) is 13.0 Å². The summed E-state index contributed by atoms with van der Waals surface area (Å²) in [5.41, 5.74) is 5.21. The second-order valence-corrected chi connectivity index (χ2v) is 7.64. The molecule has 1 atom stereocenters. The van der Waals surface area contributed by atoms with E-state index in [4.69, 9.17) is 14.2 Å². The van der Waals surface area contributed by atoms with Crippen LogP contribution in [0.1, 0.15) is 42.1 Å². The number of nitrogens with one attached hydrogen (secondary N) is 1. The predicted molar refractivity (Wildman–Crippen MR) is 118 cm³/mol. The zero-order chi connectivity index (χ0) is 20.8. The van der Waals surface area contributed by atoms with Gasteiger partial charge < -0.3 is 24.4 Å². The molecule has 158 valence electrons. The summed E-state index contributed by atoms with van der Waals surface area (Å²) in [5.74, 6) is 2.56. The van der Waals surface area contributed by atoms with Crippen molar-refractivity contribution in [3.05, 3.63) is 52.6 Å². The third-order valence-electron chi connectivity index (χ3n) is 5.39. The van der Waals surface area contributed by atoms with E-state index < -0.39 is 0 Å². The molecule has 1 N–H and O–H groups in total.